The molecule has 2 fully saturated rings. The number of benzene rings is 2. The van der Waals surface area contributed by atoms with Gasteiger partial charge in [0.15, 0.2) is 0 Å². The number of aryl methyl sites for hydroxylation is 1. The van der Waals surface area contributed by atoms with Gasteiger partial charge in [-0.2, -0.15) is 13.2 Å². The molecule has 2 aromatic carbocycles. The van der Waals surface area contributed by atoms with Crippen molar-refractivity contribution in [2.24, 2.45) is 11.8 Å². The van der Waals surface area contributed by atoms with Crippen LogP contribution in [0.5, 0.6) is 11.6 Å². The van der Waals surface area contributed by atoms with Gasteiger partial charge < -0.3 is 20.7 Å². The number of carbonyl (C=O) groups excluding carboxylic acids is 1. The first-order valence-electron chi connectivity index (χ1n) is 14.1. The van der Waals surface area contributed by atoms with Gasteiger partial charge in [-0.15, -0.1) is 0 Å². The van der Waals surface area contributed by atoms with Crippen LogP contribution in [-0.4, -0.2) is 46.2 Å². The average Bonchev–Trinajstić information content (AvgIpc) is 3.75. The summed E-state index contributed by atoms with van der Waals surface area (Å²) in [4.78, 5) is 26.3. The number of halogens is 3. The molecule has 3 atom stereocenters. The number of nitrogens with zero attached hydrogens (tertiary/aromatic N) is 3. The van der Waals surface area contributed by atoms with Crippen molar-refractivity contribution in [3.63, 3.8) is 0 Å². The van der Waals surface area contributed by atoms with Crippen LogP contribution in [0.3, 0.4) is 0 Å². The number of ether oxygens (including phenoxy) is 1. The molecule has 8 nitrogen and oxygen atoms in total. The van der Waals surface area contributed by atoms with Crippen LogP contribution in [0.25, 0.3) is 22.0 Å². The van der Waals surface area contributed by atoms with Crippen LogP contribution in [0.4, 0.5) is 24.8 Å². The third-order valence-electron chi connectivity index (χ3n) is 7.81. The zero-order valence-corrected chi connectivity index (χ0v) is 23.0. The molecule has 1 saturated carbocycles. The van der Waals surface area contributed by atoms with Crippen molar-refractivity contribution in [2.45, 2.75) is 44.8 Å². The molecular weight excluding hydrogens is 545 g/mol. The molecule has 2 aromatic heterocycles. The molecule has 2 aliphatic rings. The number of alkyl halides is 3. The van der Waals surface area contributed by atoms with Crippen LogP contribution in [0.2, 0.25) is 0 Å². The largest absolute Gasteiger partial charge is 0.437 e. The summed E-state index contributed by atoms with van der Waals surface area (Å²) in [6, 6.07) is 14.9. The molecule has 42 heavy (non-hydrogen) atoms. The zero-order valence-electron chi connectivity index (χ0n) is 23.0. The number of piperidine rings is 1. The molecule has 0 spiro atoms. The highest BCUT2D eigenvalue weighted by molar-refractivity contribution is 6.04. The third-order valence-corrected chi connectivity index (χ3v) is 7.81. The highest BCUT2D eigenvalue weighted by atomic mass is 19.4. The van der Waals surface area contributed by atoms with E-state index in [1.165, 1.54) is 0 Å². The number of anilines is 2. The van der Waals surface area contributed by atoms with Gasteiger partial charge in [0.2, 0.25) is 17.7 Å². The highest BCUT2D eigenvalue weighted by Gasteiger charge is 2.55. The number of fused-ring (bicyclic) bond motifs is 1. The minimum atomic E-state index is -4.25. The monoisotopic (exact) mass is 576 g/mol. The van der Waals surface area contributed by atoms with Gasteiger partial charge >= 0.3 is 6.18 Å². The quantitative estimate of drug-likeness (QED) is 0.221. The maximum absolute atomic E-state index is 12.9. The second-order valence-corrected chi connectivity index (χ2v) is 10.9. The molecule has 3 N–H and O–H groups in total. The maximum atomic E-state index is 12.9. The average molecular weight is 577 g/mol. The van der Waals surface area contributed by atoms with E-state index in [0.29, 0.717) is 39.9 Å². The van der Waals surface area contributed by atoms with Gasteiger partial charge in [0.1, 0.15) is 5.75 Å². The highest BCUT2D eigenvalue weighted by Crippen LogP contribution is 2.51. The minimum Gasteiger partial charge on any atom is -0.437 e. The third kappa shape index (κ3) is 6.15. The molecule has 218 valence electrons. The van der Waals surface area contributed by atoms with Gasteiger partial charge in [0.05, 0.1) is 17.2 Å². The predicted molar refractivity (Wildman–Crippen MR) is 154 cm³/mol. The van der Waals surface area contributed by atoms with Crippen molar-refractivity contribution < 1.29 is 22.7 Å². The van der Waals surface area contributed by atoms with E-state index in [2.05, 4.69) is 25.9 Å². The Morgan fingerprint density at radius 2 is 1.95 bits per heavy atom. The molecule has 2 unspecified atom stereocenters. The SMILES string of the molecule is Cc1ccc2c(NC(=O)CC3CC3C(F)(F)F)cccc2c1Oc1ncccc1-c1ccnc(N[C@H]2CCCNC2)n1. The first-order valence-corrected chi connectivity index (χ1v) is 14.1. The molecule has 1 amide bonds. The number of aromatic nitrogens is 3. The lowest BCUT2D eigenvalue weighted by Crippen LogP contribution is -2.38. The summed E-state index contributed by atoms with van der Waals surface area (Å²) in [5.41, 5.74) is 2.71. The lowest BCUT2D eigenvalue weighted by Gasteiger charge is -2.23. The summed E-state index contributed by atoms with van der Waals surface area (Å²) in [6.45, 7) is 3.78. The van der Waals surface area contributed by atoms with E-state index in [9.17, 15) is 18.0 Å². The summed E-state index contributed by atoms with van der Waals surface area (Å²) >= 11 is 0. The molecule has 1 saturated heterocycles. The van der Waals surface area contributed by atoms with Gasteiger partial charge in [-0.05, 0) is 68.5 Å². The van der Waals surface area contributed by atoms with E-state index in [0.717, 1.165) is 36.9 Å². The van der Waals surface area contributed by atoms with Gasteiger partial charge in [-0.1, -0.05) is 24.3 Å². The lowest BCUT2D eigenvalue weighted by atomic mass is 10.0. The van der Waals surface area contributed by atoms with Crippen molar-refractivity contribution in [3.05, 3.63) is 66.5 Å². The molecule has 6 rings (SSSR count). The Kier molecular flexibility index (Phi) is 7.68. The molecule has 3 heterocycles. The van der Waals surface area contributed by atoms with Crippen molar-refractivity contribution in [3.8, 4) is 22.9 Å². The Hall–Kier alpha value is -4.25. The number of pyridine rings is 1. The van der Waals surface area contributed by atoms with E-state index in [1.807, 2.05) is 37.3 Å². The van der Waals surface area contributed by atoms with E-state index >= 15 is 0 Å². The number of hydrogen-bond acceptors (Lipinski definition) is 7. The van der Waals surface area contributed by atoms with E-state index < -0.39 is 23.9 Å². The van der Waals surface area contributed by atoms with Gasteiger partial charge in [-0.3, -0.25) is 4.79 Å². The number of hydrogen-bond donors (Lipinski definition) is 3. The second kappa shape index (κ2) is 11.6. The molecule has 0 bridgehead atoms. The van der Waals surface area contributed by atoms with Gasteiger partial charge in [0, 0.05) is 47.9 Å². The Balaban J connectivity index is 1.25. The molecule has 1 aliphatic heterocycles. The van der Waals surface area contributed by atoms with Crippen molar-refractivity contribution >= 4 is 28.3 Å². The number of nitrogens with one attached hydrogen (secondary N) is 3. The maximum Gasteiger partial charge on any atom is 0.392 e. The first-order chi connectivity index (χ1) is 20.3. The standard InChI is InChI=1S/C31H31F3N6O2/c1-18-9-10-21-22(6-2-8-25(21)39-27(41)16-19-15-24(19)31(32,33)34)28(18)42-29-23(7-4-13-36-29)26-11-14-37-30(40-26)38-20-5-3-12-35-17-20/h2,4,6-11,13-14,19-20,24,35H,3,5,12,15-17H2,1H3,(H,39,41)(H,37,38,40)/t19?,20-,24?/m0/s1. The molecule has 0 radical (unpaired) electrons. The predicted octanol–water partition coefficient (Wildman–Crippen LogP) is 6.48. The van der Waals surface area contributed by atoms with Crippen LogP contribution >= 0.6 is 0 Å². The van der Waals surface area contributed by atoms with Crippen molar-refractivity contribution in [1.29, 1.82) is 0 Å². The minimum absolute atomic E-state index is 0.00225. The number of carbonyl (C=O) groups is 1. The van der Waals surface area contributed by atoms with E-state index in [1.54, 1.807) is 30.6 Å². The lowest BCUT2D eigenvalue weighted by molar-refractivity contribution is -0.151. The Labute approximate surface area is 241 Å². The molecule has 11 heteroatoms. The van der Waals surface area contributed by atoms with Crippen LogP contribution < -0.4 is 20.7 Å². The van der Waals surface area contributed by atoms with Crippen LogP contribution in [-0.2, 0) is 4.79 Å². The molecule has 4 aromatic rings. The summed E-state index contributed by atoms with van der Waals surface area (Å²) in [7, 11) is 0. The summed E-state index contributed by atoms with van der Waals surface area (Å²) < 4.78 is 45.2. The van der Waals surface area contributed by atoms with Crippen molar-refractivity contribution in [1.82, 2.24) is 20.3 Å². The number of amides is 1. The molecular formula is C31H31F3N6O2. The first kappa shape index (κ1) is 27.9. The Morgan fingerprint density at radius 3 is 2.74 bits per heavy atom. The number of rotatable bonds is 8. The van der Waals surface area contributed by atoms with E-state index in [-0.39, 0.29) is 18.9 Å². The van der Waals surface area contributed by atoms with Crippen LogP contribution in [0.1, 0.15) is 31.2 Å². The fourth-order valence-corrected chi connectivity index (χ4v) is 5.50. The molecule has 1 aliphatic carbocycles. The zero-order chi connectivity index (χ0) is 29.3. The fraction of sp³-hybridized carbons (Fsp3) is 0.355. The Bertz CT molecular complexity index is 1610. The van der Waals surface area contributed by atoms with E-state index in [4.69, 9.17) is 9.72 Å². The smallest absolute Gasteiger partial charge is 0.392 e. The van der Waals surface area contributed by atoms with Gasteiger partial charge in [0.25, 0.3) is 0 Å². The topological polar surface area (TPSA) is 101 Å². The normalized spacial score (nSPS) is 20.2. The van der Waals surface area contributed by atoms with Crippen LogP contribution in [0, 0.1) is 18.8 Å². The fourth-order valence-electron chi connectivity index (χ4n) is 5.50. The summed E-state index contributed by atoms with van der Waals surface area (Å²) in [6.07, 6.45) is 1.05. The summed E-state index contributed by atoms with van der Waals surface area (Å²) in [5, 5.41) is 11.0. The van der Waals surface area contributed by atoms with Gasteiger partial charge in [-0.25, -0.2) is 15.0 Å². The van der Waals surface area contributed by atoms with Crippen molar-refractivity contribution in [2.75, 3.05) is 23.7 Å². The summed E-state index contributed by atoms with van der Waals surface area (Å²) in [5.74, 6) is -1.04. The van der Waals surface area contributed by atoms with Crippen LogP contribution in [0.15, 0.2) is 60.9 Å². The Morgan fingerprint density at radius 1 is 1.07 bits per heavy atom. The second-order valence-electron chi connectivity index (χ2n) is 10.9.